The summed E-state index contributed by atoms with van der Waals surface area (Å²) in [5.41, 5.74) is 1.44. The maximum absolute atomic E-state index is 12.3. The van der Waals surface area contributed by atoms with Crippen LogP contribution in [0.15, 0.2) is 6.07 Å². The van der Waals surface area contributed by atoms with Gasteiger partial charge in [-0.05, 0) is 19.4 Å². The molecule has 0 aliphatic carbocycles. The lowest BCUT2D eigenvalue weighted by molar-refractivity contribution is -0.122. The summed E-state index contributed by atoms with van der Waals surface area (Å²) in [7, 11) is 0. The second-order valence-corrected chi connectivity index (χ2v) is 5.15. The molecule has 0 atom stereocenters. The van der Waals surface area contributed by atoms with Crippen LogP contribution >= 0.6 is 0 Å². The maximum atomic E-state index is 12.3. The largest absolute Gasteiger partial charge is 0.355 e. The highest BCUT2D eigenvalue weighted by molar-refractivity contribution is 5.92. The van der Waals surface area contributed by atoms with Crippen LogP contribution in [0.2, 0.25) is 0 Å². The average molecular weight is 293 g/mol. The zero-order valence-electron chi connectivity index (χ0n) is 12.7. The first-order valence-electron chi connectivity index (χ1n) is 7.46. The third kappa shape index (κ3) is 4.04. The van der Waals surface area contributed by atoms with Gasteiger partial charge in [-0.2, -0.15) is 5.10 Å². The molecule has 0 unspecified atom stereocenters. The lowest BCUT2D eigenvalue weighted by Gasteiger charge is -2.33. The molecule has 0 spiro atoms. The van der Waals surface area contributed by atoms with Gasteiger partial charge in [0.05, 0.1) is 6.54 Å². The predicted molar refractivity (Wildman–Crippen MR) is 79.0 cm³/mol. The summed E-state index contributed by atoms with van der Waals surface area (Å²) in [6.45, 7) is 7.67. The van der Waals surface area contributed by atoms with Crippen molar-refractivity contribution in [3.63, 3.8) is 0 Å². The number of carbonyl (C=O) groups excluding carboxylic acids is 2. The number of hydrogen-bond acceptors (Lipinski definition) is 4. The number of hydrogen-bond donors (Lipinski definition) is 2. The van der Waals surface area contributed by atoms with Crippen LogP contribution in [0.1, 0.15) is 30.0 Å². The molecule has 2 N–H and O–H groups in total. The van der Waals surface area contributed by atoms with Gasteiger partial charge in [0.25, 0.3) is 5.91 Å². The standard InChI is InChI=1S/C14H23N5O2/c1-3-11-9-12(17-16-11)14(21)19-7-5-18(6-8-19)10-13(20)15-4-2/h9H,3-8,10H2,1-2H3,(H,15,20)(H,16,17). The average Bonchev–Trinajstić information content (AvgIpc) is 2.96. The minimum absolute atomic E-state index is 0.0383. The fraction of sp³-hybridized carbons (Fsp3) is 0.643. The number of nitrogens with zero attached hydrogens (tertiary/aromatic N) is 3. The van der Waals surface area contributed by atoms with Gasteiger partial charge in [0.1, 0.15) is 5.69 Å². The minimum Gasteiger partial charge on any atom is -0.355 e. The lowest BCUT2D eigenvalue weighted by atomic mass is 10.2. The molecule has 0 bridgehead atoms. The van der Waals surface area contributed by atoms with E-state index in [1.54, 1.807) is 4.90 Å². The summed E-state index contributed by atoms with van der Waals surface area (Å²) >= 11 is 0. The number of H-pyrrole nitrogens is 1. The van der Waals surface area contributed by atoms with E-state index in [-0.39, 0.29) is 11.8 Å². The highest BCUT2D eigenvalue weighted by atomic mass is 16.2. The van der Waals surface area contributed by atoms with Crippen molar-refractivity contribution in [1.29, 1.82) is 0 Å². The highest BCUT2D eigenvalue weighted by Gasteiger charge is 2.24. The van der Waals surface area contributed by atoms with E-state index in [4.69, 9.17) is 0 Å². The molecule has 0 radical (unpaired) electrons. The number of rotatable bonds is 5. The normalized spacial score (nSPS) is 16.0. The first kappa shape index (κ1) is 15.5. The summed E-state index contributed by atoms with van der Waals surface area (Å²) in [5, 5.41) is 9.71. The monoisotopic (exact) mass is 293 g/mol. The molecule has 0 aromatic carbocycles. The molecule has 1 aromatic heterocycles. The van der Waals surface area contributed by atoms with Crippen LogP contribution in [0, 0.1) is 0 Å². The van der Waals surface area contributed by atoms with Gasteiger partial charge in [0, 0.05) is 38.4 Å². The molecule has 1 saturated heterocycles. The lowest BCUT2D eigenvalue weighted by Crippen LogP contribution is -2.51. The van der Waals surface area contributed by atoms with Gasteiger partial charge in [-0.3, -0.25) is 19.6 Å². The number of amides is 2. The highest BCUT2D eigenvalue weighted by Crippen LogP contribution is 2.08. The van der Waals surface area contributed by atoms with Crippen LogP contribution in [0.25, 0.3) is 0 Å². The maximum Gasteiger partial charge on any atom is 0.274 e. The molecular formula is C14H23N5O2. The third-order valence-corrected chi connectivity index (χ3v) is 3.63. The fourth-order valence-corrected chi connectivity index (χ4v) is 2.38. The Hall–Kier alpha value is -1.89. The molecule has 1 fully saturated rings. The Morgan fingerprint density at radius 2 is 2.00 bits per heavy atom. The van der Waals surface area contributed by atoms with E-state index in [0.29, 0.717) is 45.0 Å². The van der Waals surface area contributed by atoms with E-state index in [0.717, 1.165) is 12.1 Å². The Labute approximate surface area is 124 Å². The number of aryl methyl sites for hydroxylation is 1. The summed E-state index contributed by atoms with van der Waals surface area (Å²) in [6, 6.07) is 1.81. The molecule has 1 aliphatic rings. The zero-order valence-corrected chi connectivity index (χ0v) is 12.7. The van der Waals surface area contributed by atoms with Crippen LogP contribution in [0.3, 0.4) is 0 Å². The van der Waals surface area contributed by atoms with E-state index >= 15 is 0 Å². The van der Waals surface area contributed by atoms with Crippen molar-refractivity contribution in [2.45, 2.75) is 20.3 Å². The number of likely N-dealkylation sites (N-methyl/N-ethyl adjacent to an activating group) is 1. The Bertz CT molecular complexity index is 491. The van der Waals surface area contributed by atoms with Gasteiger partial charge in [-0.25, -0.2) is 0 Å². The summed E-state index contributed by atoms with van der Waals surface area (Å²) in [6.07, 6.45) is 0.834. The molecule has 0 saturated carbocycles. The number of aromatic amines is 1. The van der Waals surface area contributed by atoms with Crippen LogP contribution in [-0.4, -0.2) is 71.1 Å². The topological polar surface area (TPSA) is 81.3 Å². The van der Waals surface area contributed by atoms with Crippen molar-refractivity contribution in [3.05, 3.63) is 17.5 Å². The van der Waals surface area contributed by atoms with Gasteiger partial charge >= 0.3 is 0 Å². The minimum atomic E-state index is -0.0383. The van der Waals surface area contributed by atoms with Crippen molar-refractivity contribution >= 4 is 11.8 Å². The summed E-state index contributed by atoms with van der Waals surface area (Å²) in [5.74, 6) is 0.000718. The molecule has 2 rings (SSSR count). The molecule has 2 heterocycles. The summed E-state index contributed by atoms with van der Waals surface area (Å²) in [4.78, 5) is 27.7. The quantitative estimate of drug-likeness (QED) is 0.792. The first-order chi connectivity index (χ1) is 10.1. The van der Waals surface area contributed by atoms with Crippen LogP contribution in [0.5, 0.6) is 0 Å². The smallest absolute Gasteiger partial charge is 0.274 e. The van der Waals surface area contributed by atoms with Gasteiger partial charge in [0.2, 0.25) is 5.91 Å². The van der Waals surface area contributed by atoms with E-state index in [2.05, 4.69) is 20.4 Å². The molecule has 21 heavy (non-hydrogen) atoms. The number of aromatic nitrogens is 2. The zero-order chi connectivity index (χ0) is 15.2. The fourth-order valence-electron chi connectivity index (χ4n) is 2.38. The van der Waals surface area contributed by atoms with Gasteiger partial charge in [0.15, 0.2) is 0 Å². The second kappa shape index (κ2) is 7.21. The van der Waals surface area contributed by atoms with E-state index in [9.17, 15) is 9.59 Å². The molecular weight excluding hydrogens is 270 g/mol. The van der Waals surface area contributed by atoms with Crippen LogP contribution in [0.4, 0.5) is 0 Å². The number of piperazine rings is 1. The van der Waals surface area contributed by atoms with E-state index < -0.39 is 0 Å². The molecule has 1 aliphatic heterocycles. The molecule has 7 heteroatoms. The van der Waals surface area contributed by atoms with E-state index in [1.165, 1.54) is 0 Å². The predicted octanol–water partition coefficient (Wildman–Crippen LogP) is -0.134. The Morgan fingerprint density at radius 1 is 1.29 bits per heavy atom. The molecule has 2 amide bonds. The molecule has 7 nitrogen and oxygen atoms in total. The second-order valence-electron chi connectivity index (χ2n) is 5.15. The Kier molecular flexibility index (Phi) is 5.32. The van der Waals surface area contributed by atoms with Crippen LogP contribution in [-0.2, 0) is 11.2 Å². The Morgan fingerprint density at radius 3 is 2.57 bits per heavy atom. The van der Waals surface area contributed by atoms with Crippen molar-refractivity contribution < 1.29 is 9.59 Å². The van der Waals surface area contributed by atoms with Crippen molar-refractivity contribution in [2.75, 3.05) is 39.3 Å². The van der Waals surface area contributed by atoms with Gasteiger partial charge in [-0.15, -0.1) is 0 Å². The van der Waals surface area contributed by atoms with E-state index in [1.807, 2.05) is 19.9 Å². The van der Waals surface area contributed by atoms with Gasteiger partial charge in [-0.1, -0.05) is 6.92 Å². The molecule has 116 valence electrons. The van der Waals surface area contributed by atoms with Crippen LogP contribution < -0.4 is 5.32 Å². The van der Waals surface area contributed by atoms with Gasteiger partial charge < -0.3 is 10.2 Å². The van der Waals surface area contributed by atoms with Crippen molar-refractivity contribution in [2.24, 2.45) is 0 Å². The summed E-state index contributed by atoms with van der Waals surface area (Å²) < 4.78 is 0. The Balaban J connectivity index is 1.83. The SMILES string of the molecule is CCNC(=O)CN1CCN(C(=O)c2cc(CC)[nH]n2)CC1. The van der Waals surface area contributed by atoms with Crippen molar-refractivity contribution in [1.82, 2.24) is 25.3 Å². The third-order valence-electron chi connectivity index (χ3n) is 3.63. The first-order valence-corrected chi connectivity index (χ1v) is 7.46. The number of nitrogens with one attached hydrogen (secondary N) is 2. The van der Waals surface area contributed by atoms with Crippen molar-refractivity contribution in [3.8, 4) is 0 Å². The number of carbonyl (C=O) groups is 2. The molecule has 1 aromatic rings.